The van der Waals surface area contributed by atoms with Gasteiger partial charge in [-0.05, 0) is 53.1 Å². The van der Waals surface area contributed by atoms with Crippen LogP contribution in [0.3, 0.4) is 0 Å². The summed E-state index contributed by atoms with van der Waals surface area (Å²) in [5, 5.41) is 16.7. The van der Waals surface area contributed by atoms with Crippen molar-refractivity contribution in [2.45, 2.75) is 58.7 Å². The van der Waals surface area contributed by atoms with Crippen LogP contribution in [0.25, 0.3) is 0 Å². The van der Waals surface area contributed by atoms with Crippen LogP contribution in [0, 0.1) is 17.0 Å². The van der Waals surface area contributed by atoms with Crippen molar-refractivity contribution in [3.63, 3.8) is 0 Å². The lowest BCUT2D eigenvalue weighted by Crippen LogP contribution is -2.50. The van der Waals surface area contributed by atoms with Gasteiger partial charge in [0.25, 0.3) is 0 Å². The number of benzene rings is 2. The van der Waals surface area contributed by atoms with Gasteiger partial charge in [0.2, 0.25) is 15.9 Å². The van der Waals surface area contributed by atoms with Crippen molar-refractivity contribution in [2.75, 3.05) is 23.7 Å². The van der Waals surface area contributed by atoms with Crippen molar-refractivity contribution >= 4 is 21.6 Å². The minimum atomic E-state index is -3.58. The summed E-state index contributed by atoms with van der Waals surface area (Å²) in [5.74, 6) is -2.10. The van der Waals surface area contributed by atoms with Crippen molar-refractivity contribution < 1.29 is 27.1 Å². The molecule has 3 atom stereocenters. The molecular formula is C26H35F2N3O4S. The molecule has 1 aliphatic heterocycles. The average molecular weight is 524 g/mol. The third-order valence-electron chi connectivity index (χ3n) is 6.14. The second-order valence-corrected chi connectivity index (χ2v) is 12.7. The van der Waals surface area contributed by atoms with Gasteiger partial charge in [-0.2, -0.15) is 0 Å². The molecule has 198 valence electrons. The molecule has 2 aromatic carbocycles. The van der Waals surface area contributed by atoms with E-state index >= 15 is 0 Å². The molecule has 0 fully saturated rings. The number of nitrogens with one attached hydrogen (secondary N) is 2. The van der Waals surface area contributed by atoms with E-state index in [-0.39, 0.29) is 29.7 Å². The predicted molar refractivity (Wildman–Crippen MR) is 136 cm³/mol. The fraction of sp³-hybridized carbons (Fsp3) is 0.500. The molecule has 1 amide bonds. The SMILES string of the molecule is CC(=O)NC(Cc1cc(F)cc(F)c1)C(O)CNC1CS(=O)(=O)N(C)c2ccc(CC(C)(C)C)cc21. The highest BCUT2D eigenvalue weighted by Crippen LogP contribution is 2.36. The molecule has 7 nitrogen and oxygen atoms in total. The van der Waals surface area contributed by atoms with Crippen molar-refractivity contribution in [3.05, 3.63) is 64.7 Å². The zero-order valence-electron chi connectivity index (χ0n) is 21.3. The summed E-state index contributed by atoms with van der Waals surface area (Å²) in [4.78, 5) is 11.7. The number of hydrogen-bond acceptors (Lipinski definition) is 5. The molecule has 3 unspecified atom stereocenters. The Bertz CT molecular complexity index is 1190. The Kier molecular flexibility index (Phi) is 8.42. The lowest BCUT2D eigenvalue weighted by Gasteiger charge is -2.35. The number of anilines is 1. The molecule has 2 aromatic rings. The van der Waals surface area contributed by atoms with Crippen LogP contribution in [0.4, 0.5) is 14.5 Å². The van der Waals surface area contributed by atoms with Crippen LogP contribution < -0.4 is 14.9 Å². The first-order valence-electron chi connectivity index (χ1n) is 11.9. The molecular weight excluding hydrogens is 488 g/mol. The van der Waals surface area contributed by atoms with Crippen LogP contribution >= 0.6 is 0 Å². The number of hydrogen-bond donors (Lipinski definition) is 3. The zero-order chi connectivity index (χ0) is 26.8. The van der Waals surface area contributed by atoms with Crippen LogP contribution in [0.1, 0.15) is 50.4 Å². The van der Waals surface area contributed by atoms with E-state index < -0.39 is 45.8 Å². The monoisotopic (exact) mass is 523 g/mol. The van der Waals surface area contributed by atoms with Crippen molar-refractivity contribution in [1.29, 1.82) is 0 Å². The highest BCUT2D eigenvalue weighted by Gasteiger charge is 2.35. The molecule has 0 saturated heterocycles. The Morgan fingerprint density at radius 1 is 1.14 bits per heavy atom. The van der Waals surface area contributed by atoms with Crippen molar-refractivity contribution in [3.8, 4) is 0 Å². The van der Waals surface area contributed by atoms with Gasteiger partial charge in [-0.1, -0.05) is 32.9 Å². The van der Waals surface area contributed by atoms with Crippen LogP contribution in [0.15, 0.2) is 36.4 Å². The van der Waals surface area contributed by atoms with E-state index in [1.54, 1.807) is 6.07 Å². The summed E-state index contributed by atoms with van der Waals surface area (Å²) >= 11 is 0. The molecule has 0 radical (unpaired) electrons. The molecule has 3 rings (SSSR count). The number of fused-ring (bicyclic) bond motifs is 1. The van der Waals surface area contributed by atoms with E-state index in [2.05, 4.69) is 31.4 Å². The average Bonchev–Trinajstić information content (AvgIpc) is 2.72. The molecule has 0 aliphatic carbocycles. The maximum Gasteiger partial charge on any atom is 0.236 e. The summed E-state index contributed by atoms with van der Waals surface area (Å²) in [7, 11) is -2.06. The van der Waals surface area contributed by atoms with Crippen LogP contribution in [0.5, 0.6) is 0 Å². The number of aliphatic hydroxyl groups is 1. The molecule has 0 spiro atoms. The second kappa shape index (κ2) is 10.8. The van der Waals surface area contributed by atoms with Crippen LogP contribution in [0.2, 0.25) is 0 Å². The van der Waals surface area contributed by atoms with E-state index in [0.717, 1.165) is 35.7 Å². The van der Waals surface area contributed by atoms with Crippen LogP contribution in [-0.2, 0) is 27.7 Å². The molecule has 1 heterocycles. The van der Waals surface area contributed by atoms with Gasteiger partial charge >= 0.3 is 0 Å². The number of nitrogens with zero attached hydrogens (tertiary/aromatic N) is 1. The smallest absolute Gasteiger partial charge is 0.236 e. The summed E-state index contributed by atoms with van der Waals surface area (Å²) < 4.78 is 54.2. The van der Waals surface area contributed by atoms with E-state index in [9.17, 15) is 27.1 Å². The Morgan fingerprint density at radius 2 is 1.78 bits per heavy atom. The predicted octanol–water partition coefficient (Wildman–Crippen LogP) is 3.07. The summed E-state index contributed by atoms with van der Waals surface area (Å²) in [5.41, 5.74) is 2.78. The van der Waals surface area contributed by atoms with Gasteiger partial charge in [0.15, 0.2) is 0 Å². The lowest BCUT2D eigenvalue weighted by atomic mass is 9.87. The van der Waals surface area contributed by atoms with Gasteiger partial charge < -0.3 is 15.7 Å². The molecule has 0 saturated carbocycles. The number of aliphatic hydroxyl groups excluding tert-OH is 1. The summed E-state index contributed by atoms with van der Waals surface area (Å²) in [6.07, 6.45) is -0.348. The maximum absolute atomic E-state index is 13.7. The second-order valence-electron chi connectivity index (χ2n) is 10.7. The zero-order valence-corrected chi connectivity index (χ0v) is 22.1. The molecule has 0 bridgehead atoms. The molecule has 36 heavy (non-hydrogen) atoms. The largest absolute Gasteiger partial charge is 0.390 e. The Hall–Kier alpha value is -2.56. The van der Waals surface area contributed by atoms with Gasteiger partial charge in [-0.15, -0.1) is 0 Å². The summed E-state index contributed by atoms with van der Waals surface area (Å²) in [6.45, 7) is 7.62. The van der Waals surface area contributed by atoms with Crippen LogP contribution in [-0.4, -0.2) is 50.9 Å². The lowest BCUT2D eigenvalue weighted by molar-refractivity contribution is -0.120. The normalized spacial score (nSPS) is 18.9. The van der Waals surface area contributed by atoms with E-state index in [1.807, 2.05) is 12.1 Å². The van der Waals surface area contributed by atoms with Gasteiger partial charge in [-0.3, -0.25) is 9.10 Å². The highest BCUT2D eigenvalue weighted by molar-refractivity contribution is 7.92. The Morgan fingerprint density at radius 3 is 2.36 bits per heavy atom. The highest BCUT2D eigenvalue weighted by atomic mass is 32.2. The first kappa shape index (κ1) is 28.0. The minimum Gasteiger partial charge on any atom is -0.390 e. The summed E-state index contributed by atoms with van der Waals surface area (Å²) in [6, 6.07) is 7.35. The topological polar surface area (TPSA) is 98.7 Å². The maximum atomic E-state index is 13.7. The first-order chi connectivity index (χ1) is 16.6. The molecule has 3 N–H and O–H groups in total. The number of carbonyl (C=O) groups is 1. The standard InChI is InChI=1S/C26H35F2N3O4S/c1-16(32)30-22(11-18-8-19(27)12-20(28)9-18)25(33)14-29-23-15-36(34,35)31(5)24-7-6-17(10-21(23)24)13-26(2,3)4/h6-10,12,22-23,25,29,33H,11,13-15H2,1-5H3,(H,30,32). The van der Waals surface area contributed by atoms with Gasteiger partial charge in [0.1, 0.15) is 11.6 Å². The molecule has 1 aliphatic rings. The van der Waals surface area contributed by atoms with E-state index in [1.165, 1.54) is 18.3 Å². The first-order valence-corrected chi connectivity index (χ1v) is 13.5. The number of amides is 1. The number of carbonyl (C=O) groups excluding carboxylic acids is 1. The van der Waals surface area contributed by atoms with Crippen molar-refractivity contribution in [1.82, 2.24) is 10.6 Å². The van der Waals surface area contributed by atoms with Crippen molar-refractivity contribution in [2.24, 2.45) is 5.41 Å². The number of halogens is 2. The van der Waals surface area contributed by atoms with Gasteiger partial charge in [0.05, 0.1) is 29.6 Å². The Balaban J connectivity index is 1.82. The third kappa shape index (κ3) is 7.24. The Labute approximate surface area is 211 Å². The number of sulfonamides is 1. The molecule has 10 heteroatoms. The fourth-order valence-electron chi connectivity index (χ4n) is 4.56. The van der Waals surface area contributed by atoms with E-state index in [4.69, 9.17) is 0 Å². The van der Waals surface area contributed by atoms with Gasteiger partial charge in [-0.25, -0.2) is 17.2 Å². The quantitative estimate of drug-likeness (QED) is 0.494. The van der Waals surface area contributed by atoms with Gasteiger partial charge in [0, 0.05) is 26.6 Å². The number of rotatable bonds is 8. The molecule has 0 aromatic heterocycles. The van der Waals surface area contributed by atoms with E-state index in [0.29, 0.717) is 5.69 Å². The third-order valence-corrected chi connectivity index (χ3v) is 7.93. The minimum absolute atomic E-state index is 0.00483. The fourth-order valence-corrected chi connectivity index (χ4v) is 5.96.